The van der Waals surface area contributed by atoms with Gasteiger partial charge in [-0.1, -0.05) is 27.5 Å². The van der Waals surface area contributed by atoms with Crippen molar-refractivity contribution in [2.24, 2.45) is 4.99 Å². The van der Waals surface area contributed by atoms with Gasteiger partial charge in [0.2, 0.25) is 0 Å². The predicted octanol–water partition coefficient (Wildman–Crippen LogP) is 0.858. The van der Waals surface area contributed by atoms with E-state index in [4.69, 9.17) is 11.6 Å². The third-order valence-electron chi connectivity index (χ3n) is 2.05. The van der Waals surface area contributed by atoms with Crippen molar-refractivity contribution >= 4 is 45.3 Å². The van der Waals surface area contributed by atoms with Gasteiger partial charge in [-0.2, -0.15) is 0 Å². The maximum atomic E-state index is 11.5. The van der Waals surface area contributed by atoms with E-state index in [9.17, 15) is 9.59 Å². The van der Waals surface area contributed by atoms with Crippen LogP contribution < -0.4 is 10.6 Å². The van der Waals surface area contributed by atoms with Gasteiger partial charge in [0.15, 0.2) is 5.78 Å². The van der Waals surface area contributed by atoms with Gasteiger partial charge in [0.25, 0.3) is 5.91 Å². The Bertz CT molecular complexity index is 580. The second-order valence-electron chi connectivity index (χ2n) is 3.04. The smallest absolute Gasteiger partial charge is 0.270 e. The normalized spacial score (nSPS) is 13.1. The van der Waals surface area contributed by atoms with Gasteiger partial charge in [-0.15, -0.1) is 0 Å². The van der Waals surface area contributed by atoms with Crippen LogP contribution in [0.5, 0.6) is 0 Å². The molecule has 0 saturated heterocycles. The number of halogens is 2. The molecule has 0 unspecified atom stereocenters. The molecule has 1 heterocycles. The van der Waals surface area contributed by atoms with Gasteiger partial charge >= 0.3 is 0 Å². The minimum absolute atomic E-state index is 0.115. The Labute approximate surface area is 98.6 Å². The van der Waals surface area contributed by atoms with Crippen molar-refractivity contribution in [3.8, 4) is 0 Å². The van der Waals surface area contributed by atoms with E-state index in [0.717, 1.165) is 0 Å². The summed E-state index contributed by atoms with van der Waals surface area (Å²) in [6.45, 7) is 0. The van der Waals surface area contributed by atoms with E-state index in [-0.39, 0.29) is 17.0 Å². The van der Waals surface area contributed by atoms with E-state index in [0.29, 0.717) is 21.2 Å². The molecule has 0 radical (unpaired) electrons. The summed E-state index contributed by atoms with van der Waals surface area (Å²) in [7, 11) is 0. The number of ketones is 1. The Morgan fingerprint density at radius 2 is 2.20 bits per heavy atom. The van der Waals surface area contributed by atoms with Gasteiger partial charge < -0.3 is 0 Å². The van der Waals surface area contributed by atoms with Crippen LogP contribution >= 0.6 is 27.5 Å². The average molecular weight is 287 g/mol. The lowest BCUT2D eigenvalue weighted by Crippen LogP contribution is -2.23. The highest BCUT2D eigenvalue weighted by atomic mass is 79.9. The quantitative estimate of drug-likeness (QED) is 0.598. The SMILES string of the molecule is O=C1C=c2cc(C(=O)CBr)c(Cl)cc2=N1. The molecule has 15 heavy (non-hydrogen) atoms. The van der Waals surface area contributed by atoms with Gasteiger partial charge in [-0.25, -0.2) is 4.99 Å². The van der Waals surface area contributed by atoms with Gasteiger partial charge in [0, 0.05) is 16.9 Å². The van der Waals surface area contributed by atoms with Crippen molar-refractivity contribution in [3.05, 3.63) is 33.3 Å². The number of alkyl halides is 1. The largest absolute Gasteiger partial charge is 0.293 e. The first-order chi connectivity index (χ1) is 7.11. The predicted molar refractivity (Wildman–Crippen MR) is 59.8 cm³/mol. The molecule has 2 rings (SSSR count). The van der Waals surface area contributed by atoms with E-state index < -0.39 is 0 Å². The van der Waals surface area contributed by atoms with Crippen molar-refractivity contribution in [1.82, 2.24) is 0 Å². The number of Topliss-reactive ketones (excluding diaryl/α,β-unsaturated/α-hetero) is 1. The van der Waals surface area contributed by atoms with Crippen LogP contribution in [0.25, 0.3) is 6.08 Å². The van der Waals surface area contributed by atoms with Crippen LogP contribution in [0.3, 0.4) is 0 Å². The molecule has 1 aliphatic rings. The summed E-state index contributed by atoms with van der Waals surface area (Å²) in [5, 5.41) is 1.70. The van der Waals surface area contributed by atoms with Crippen molar-refractivity contribution in [2.45, 2.75) is 0 Å². The van der Waals surface area contributed by atoms with E-state index in [1.54, 1.807) is 6.07 Å². The molecule has 0 saturated carbocycles. The first-order valence-corrected chi connectivity index (χ1v) is 5.65. The average Bonchev–Trinajstić information content (AvgIpc) is 2.55. The van der Waals surface area contributed by atoms with Gasteiger partial charge in [-0.3, -0.25) is 9.59 Å². The van der Waals surface area contributed by atoms with Crippen LogP contribution in [-0.2, 0) is 4.79 Å². The fourth-order valence-corrected chi connectivity index (χ4v) is 1.93. The summed E-state index contributed by atoms with van der Waals surface area (Å²) in [5.74, 6) is -0.431. The molecule has 0 aliphatic carbocycles. The van der Waals surface area contributed by atoms with Gasteiger partial charge in [-0.05, 0) is 12.1 Å². The lowest BCUT2D eigenvalue weighted by atomic mass is 10.1. The van der Waals surface area contributed by atoms with Gasteiger partial charge in [0.1, 0.15) is 0 Å². The van der Waals surface area contributed by atoms with E-state index in [2.05, 4.69) is 20.9 Å². The molecule has 5 heteroatoms. The lowest BCUT2D eigenvalue weighted by molar-refractivity contribution is -0.112. The van der Waals surface area contributed by atoms with Crippen LogP contribution in [0, 0.1) is 0 Å². The number of rotatable bonds is 2. The minimum Gasteiger partial charge on any atom is -0.293 e. The third-order valence-corrected chi connectivity index (χ3v) is 2.87. The standard InChI is InChI=1S/C10H5BrClNO2/c11-4-9(14)6-1-5-2-10(15)13-8(5)3-7(6)12/h1-3H,4H2. The highest BCUT2D eigenvalue weighted by molar-refractivity contribution is 9.09. The highest BCUT2D eigenvalue weighted by Gasteiger charge is 2.12. The maximum absolute atomic E-state index is 11.5. The van der Waals surface area contributed by atoms with E-state index in [1.807, 2.05) is 0 Å². The molecule has 0 fully saturated rings. The molecular weight excluding hydrogens is 281 g/mol. The summed E-state index contributed by atoms with van der Waals surface area (Å²) in [6.07, 6.45) is 1.39. The Morgan fingerprint density at radius 1 is 1.47 bits per heavy atom. The second-order valence-corrected chi connectivity index (χ2v) is 4.01. The van der Waals surface area contributed by atoms with Crippen LogP contribution in [-0.4, -0.2) is 17.0 Å². The fraction of sp³-hybridized carbons (Fsp3) is 0.100. The number of fused-ring (bicyclic) bond motifs is 1. The van der Waals surface area contributed by atoms with Crippen molar-refractivity contribution < 1.29 is 9.59 Å². The molecule has 3 nitrogen and oxygen atoms in total. The van der Waals surface area contributed by atoms with Crippen molar-refractivity contribution in [2.75, 3.05) is 5.33 Å². The number of benzene rings is 1. The van der Waals surface area contributed by atoms with E-state index >= 15 is 0 Å². The number of carbonyl (C=O) groups is 2. The van der Waals surface area contributed by atoms with Crippen molar-refractivity contribution in [1.29, 1.82) is 0 Å². The van der Waals surface area contributed by atoms with Crippen LogP contribution in [0.1, 0.15) is 10.4 Å². The molecule has 0 bridgehead atoms. The Balaban J connectivity index is 2.70. The highest BCUT2D eigenvalue weighted by Crippen LogP contribution is 2.13. The zero-order valence-corrected chi connectivity index (χ0v) is 9.80. The molecule has 1 aliphatic heterocycles. The number of hydrogen-bond acceptors (Lipinski definition) is 2. The van der Waals surface area contributed by atoms with Gasteiger partial charge in [0.05, 0.1) is 15.7 Å². The number of carbonyl (C=O) groups excluding carboxylic acids is 2. The summed E-state index contributed by atoms with van der Waals surface area (Å²) >= 11 is 8.97. The molecule has 1 aromatic rings. The van der Waals surface area contributed by atoms with Crippen LogP contribution in [0.2, 0.25) is 5.02 Å². The summed E-state index contributed by atoms with van der Waals surface area (Å²) in [6, 6.07) is 3.13. The molecular formula is C10H5BrClNO2. The van der Waals surface area contributed by atoms with Crippen LogP contribution in [0.4, 0.5) is 0 Å². The Hall–Kier alpha value is -1.00. The first-order valence-electron chi connectivity index (χ1n) is 4.15. The van der Waals surface area contributed by atoms with E-state index in [1.165, 1.54) is 12.1 Å². The summed E-state index contributed by atoms with van der Waals surface area (Å²) in [5.41, 5.74) is 0.411. The number of hydrogen-bond donors (Lipinski definition) is 0. The third kappa shape index (κ3) is 1.87. The van der Waals surface area contributed by atoms with Crippen molar-refractivity contribution in [3.63, 3.8) is 0 Å². The molecule has 0 N–H and O–H groups in total. The minimum atomic E-state index is -0.315. The zero-order chi connectivity index (χ0) is 11.0. The summed E-state index contributed by atoms with van der Waals surface area (Å²) < 4.78 is 0. The van der Waals surface area contributed by atoms with Crippen LogP contribution in [0.15, 0.2) is 17.1 Å². The molecule has 76 valence electrons. The monoisotopic (exact) mass is 285 g/mol. The summed E-state index contributed by atoms with van der Waals surface area (Å²) in [4.78, 5) is 26.2. The Kier molecular flexibility index (Phi) is 2.71. The molecule has 0 spiro atoms. The lowest BCUT2D eigenvalue weighted by Gasteiger charge is -1.99. The molecule has 0 aromatic heterocycles. The topological polar surface area (TPSA) is 46.5 Å². The number of amides is 1. The Morgan fingerprint density at radius 3 is 2.87 bits per heavy atom. The zero-order valence-electron chi connectivity index (χ0n) is 7.46. The maximum Gasteiger partial charge on any atom is 0.270 e. The number of nitrogens with zero attached hydrogens (tertiary/aromatic N) is 1. The molecule has 0 atom stereocenters. The fourth-order valence-electron chi connectivity index (χ4n) is 1.36. The second kappa shape index (κ2) is 3.87. The molecule has 1 amide bonds. The first kappa shape index (κ1) is 10.5. The molecule has 1 aromatic carbocycles.